The number of rotatable bonds is 2. The summed E-state index contributed by atoms with van der Waals surface area (Å²) in [6, 6.07) is 15.6. The molecule has 4 rings (SSSR count). The highest BCUT2D eigenvalue weighted by Gasteiger charge is 2.08. The normalized spacial score (nSPS) is 11.1. The summed E-state index contributed by atoms with van der Waals surface area (Å²) in [5, 5.41) is 0. The van der Waals surface area contributed by atoms with Gasteiger partial charge in [0.1, 0.15) is 5.75 Å². The molecule has 2 heterocycles. The molecule has 108 valence electrons. The van der Waals surface area contributed by atoms with Crippen LogP contribution in [0.2, 0.25) is 0 Å². The maximum Gasteiger partial charge on any atom is 0.235 e. The van der Waals surface area contributed by atoms with Crippen LogP contribution in [-0.2, 0) is 0 Å². The third kappa shape index (κ3) is 1.87. The van der Waals surface area contributed by atoms with Gasteiger partial charge in [-0.05, 0) is 30.3 Å². The molecule has 4 aromatic rings. The Morgan fingerprint density at radius 2 is 1.91 bits per heavy atom. The molecular formula is C17H14N4O. The lowest BCUT2D eigenvalue weighted by Crippen LogP contribution is -1.94. The van der Waals surface area contributed by atoms with Crippen molar-refractivity contribution in [2.75, 3.05) is 12.8 Å². The van der Waals surface area contributed by atoms with Crippen LogP contribution in [0.4, 0.5) is 5.69 Å². The van der Waals surface area contributed by atoms with Crippen molar-refractivity contribution >= 4 is 22.5 Å². The second kappa shape index (κ2) is 4.73. The van der Waals surface area contributed by atoms with E-state index in [1.54, 1.807) is 7.11 Å². The molecule has 5 heteroatoms. The quantitative estimate of drug-likeness (QED) is 0.576. The Bertz CT molecular complexity index is 990. The highest BCUT2D eigenvalue weighted by atomic mass is 16.5. The molecule has 2 aromatic carbocycles. The van der Waals surface area contributed by atoms with Gasteiger partial charge in [0.25, 0.3) is 0 Å². The standard InChI is InChI=1S/C17H14N4O/c1-22-16-10-11(6-7-12(16)18)13-8-9-21-15-5-3-2-4-14(15)20-17(21)19-13/h2-10H,18H2,1H3. The van der Waals surface area contributed by atoms with Crippen LogP contribution < -0.4 is 10.5 Å². The number of methoxy groups -OCH3 is 1. The van der Waals surface area contributed by atoms with E-state index >= 15 is 0 Å². The Morgan fingerprint density at radius 1 is 1.05 bits per heavy atom. The van der Waals surface area contributed by atoms with Gasteiger partial charge in [-0.15, -0.1) is 0 Å². The molecule has 0 radical (unpaired) electrons. The topological polar surface area (TPSA) is 65.4 Å². The Hall–Kier alpha value is -3.08. The maximum absolute atomic E-state index is 5.86. The van der Waals surface area contributed by atoms with Gasteiger partial charge in [-0.3, -0.25) is 4.40 Å². The molecule has 2 aromatic heterocycles. The monoisotopic (exact) mass is 290 g/mol. The maximum atomic E-state index is 5.86. The lowest BCUT2D eigenvalue weighted by atomic mass is 10.1. The summed E-state index contributed by atoms with van der Waals surface area (Å²) >= 11 is 0. The average Bonchev–Trinajstić information content (AvgIpc) is 2.93. The summed E-state index contributed by atoms with van der Waals surface area (Å²) in [5.74, 6) is 1.32. The molecule has 5 nitrogen and oxygen atoms in total. The predicted molar refractivity (Wildman–Crippen MR) is 86.9 cm³/mol. The first kappa shape index (κ1) is 12.6. The number of aromatic nitrogens is 3. The Labute approximate surface area is 127 Å². The van der Waals surface area contributed by atoms with Crippen molar-refractivity contribution in [2.24, 2.45) is 0 Å². The van der Waals surface area contributed by atoms with Crippen LogP contribution in [0.5, 0.6) is 5.75 Å². The molecular weight excluding hydrogens is 276 g/mol. The van der Waals surface area contributed by atoms with E-state index < -0.39 is 0 Å². The van der Waals surface area contributed by atoms with E-state index in [2.05, 4.69) is 9.97 Å². The van der Waals surface area contributed by atoms with E-state index in [9.17, 15) is 0 Å². The van der Waals surface area contributed by atoms with Gasteiger partial charge in [0, 0.05) is 11.8 Å². The molecule has 2 N–H and O–H groups in total. The van der Waals surface area contributed by atoms with Gasteiger partial charge in [0.05, 0.1) is 29.5 Å². The van der Waals surface area contributed by atoms with Gasteiger partial charge >= 0.3 is 0 Å². The molecule has 0 aliphatic rings. The highest BCUT2D eigenvalue weighted by molar-refractivity contribution is 5.80. The van der Waals surface area contributed by atoms with Gasteiger partial charge < -0.3 is 10.5 Å². The first-order chi connectivity index (χ1) is 10.8. The number of ether oxygens (including phenoxy) is 1. The van der Waals surface area contributed by atoms with Crippen LogP contribution in [0.25, 0.3) is 28.1 Å². The second-order valence-corrected chi connectivity index (χ2v) is 5.04. The zero-order valence-corrected chi connectivity index (χ0v) is 12.0. The second-order valence-electron chi connectivity index (χ2n) is 5.04. The van der Waals surface area contributed by atoms with E-state index in [1.165, 1.54) is 0 Å². The first-order valence-electron chi connectivity index (χ1n) is 6.94. The molecule has 0 aliphatic heterocycles. The van der Waals surface area contributed by atoms with E-state index in [1.807, 2.05) is 59.1 Å². The minimum atomic E-state index is 0.610. The molecule has 0 saturated heterocycles. The molecule has 0 saturated carbocycles. The van der Waals surface area contributed by atoms with Crippen LogP contribution in [0.15, 0.2) is 54.7 Å². The van der Waals surface area contributed by atoms with E-state index in [4.69, 9.17) is 10.5 Å². The zero-order valence-electron chi connectivity index (χ0n) is 12.0. The third-order valence-corrected chi connectivity index (χ3v) is 3.71. The van der Waals surface area contributed by atoms with Crippen molar-refractivity contribution in [3.63, 3.8) is 0 Å². The summed E-state index contributed by atoms with van der Waals surface area (Å²) in [6.45, 7) is 0. The van der Waals surface area contributed by atoms with Gasteiger partial charge in [0.15, 0.2) is 0 Å². The molecule has 0 aliphatic carbocycles. The number of nitrogens with zero attached hydrogens (tertiary/aromatic N) is 3. The number of nitrogen functional groups attached to an aromatic ring is 1. The van der Waals surface area contributed by atoms with Gasteiger partial charge in [-0.2, -0.15) is 0 Å². The Balaban J connectivity index is 1.90. The van der Waals surface area contributed by atoms with Gasteiger partial charge in [0.2, 0.25) is 5.78 Å². The molecule has 0 amide bonds. The van der Waals surface area contributed by atoms with E-state index in [0.717, 1.165) is 22.3 Å². The number of hydrogen-bond donors (Lipinski definition) is 1. The van der Waals surface area contributed by atoms with E-state index in [-0.39, 0.29) is 0 Å². The summed E-state index contributed by atoms with van der Waals surface area (Å²) in [6.07, 6.45) is 1.98. The SMILES string of the molecule is COc1cc(-c2ccn3c(n2)nc2ccccc23)ccc1N. The van der Waals surface area contributed by atoms with Crippen LogP contribution in [0, 0.1) is 0 Å². The zero-order chi connectivity index (χ0) is 15.1. The third-order valence-electron chi connectivity index (χ3n) is 3.71. The predicted octanol–water partition coefficient (Wildman–Crippen LogP) is 3.14. The number of hydrogen-bond acceptors (Lipinski definition) is 4. The van der Waals surface area contributed by atoms with Crippen molar-refractivity contribution in [1.29, 1.82) is 0 Å². The summed E-state index contributed by atoms with van der Waals surface area (Å²) in [5.41, 5.74) is 10.2. The number of anilines is 1. The number of benzene rings is 2. The molecule has 0 unspecified atom stereocenters. The summed E-state index contributed by atoms with van der Waals surface area (Å²) < 4.78 is 7.25. The highest BCUT2D eigenvalue weighted by Crippen LogP contribution is 2.28. The minimum absolute atomic E-state index is 0.610. The van der Waals surface area contributed by atoms with Crippen molar-refractivity contribution in [2.45, 2.75) is 0 Å². The number of imidazole rings is 1. The van der Waals surface area contributed by atoms with Crippen molar-refractivity contribution < 1.29 is 4.74 Å². The van der Waals surface area contributed by atoms with E-state index in [0.29, 0.717) is 17.2 Å². The Morgan fingerprint density at radius 3 is 2.77 bits per heavy atom. The fourth-order valence-corrected chi connectivity index (χ4v) is 2.58. The first-order valence-corrected chi connectivity index (χ1v) is 6.94. The molecule has 0 spiro atoms. The Kier molecular flexibility index (Phi) is 2.72. The van der Waals surface area contributed by atoms with Crippen molar-refractivity contribution in [3.05, 3.63) is 54.7 Å². The van der Waals surface area contributed by atoms with Crippen LogP contribution in [0.3, 0.4) is 0 Å². The fraction of sp³-hybridized carbons (Fsp3) is 0.0588. The number of nitrogens with two attached hydrogens (primary N) is 1. The van der Waals surface area contributed by atoms with Crippen molar-refractivity contribution in [1.82, 2.24) is 14.4 Å². The van der Waals surface area contributed by atoms with Crippen LogP contribution in [0.1, 0.15) is 0 Å². The molecule has 22 heavy (non-hydrogen) atoms. The smallest absolute Gasteiger partial charge is 0.235 e. The molecule has 0 fully saturated rings. The number of para-hydroxylation sites is 2. The van der Waals surface area contributed by atoms with Crippen molar-refractivity contribution in [3.8, 4) is 17.0 Å². The molecule has 0 bridgehead atoms. The number of fused-ring (bicyclic) bond motifs is 3. The fourth-order valence-electron chi connectivity index (χ4n) is 2.58. The summed E-state index contributed by atoms with van der Waals surface area (Å²) in [4.78, 5) is 9.20. The van der Waals surface area contributed by atoms with Crippen LogP contribution in [-0.4, -0.2) is 21.5 Å². The lowest BCUT2D eigenvalue weighted by molar-refractivity contribution is 0.417. The molecule has 0 atom stereocenters. The van der Waals surface area contributed by atoms with Gasteiger partial charge in [-0.1, -0.05) is 18.2 Å². The summed E-state index contributed by atoms with van der Waals surface area (Å²) in [7, 11) is 1.60. The van der Waals surface area contributed by atoms with Gasteiger partial charge in [-0.25, -0.2) is 9.97 Å². The largest absolute Gasteiger partial charge is 0.495 e. The van der Waals surface area contributed by atoms with Crippen LogP contribution >= 0.6 is 0 Å². The average molecular weight is 290 g/mol. The lowest BCUT2D eigenvalue weighted by Gasteiger charge is -2.07. The minimum Gasteiger partial charge on any atom is -0.495 e.